The fourth-order valence-corrected chi connectivity index (χ4v) is 3.81. The van der Waals surface area contributed by atoms with Gasteiger partial charge in [-0.25, -0.2) is 14.6 Å². The van der Waals surface area contributed by atoms with E-state index in [9.17, 15) is 0 Å². The molecule has 2 aromatic carbocycles. The van der Waals surface area contributed by atoms with Gasteiger partial charge in [0.2, 0.25) is 0 Å². The molecule has 0 amide bonds. The molecule has 6 nitrogen and oxygen atoms in total. The highest BCUT2D eigenvalue weighted by molar-refractivity contribution is 5.90. The largest absolute Gasteiger partial charge is 0.457 e. The molecule has 28 heavy (non-hydrogen) atoms. The first kappa shape index (κ1) is 16.9. The van der Waals surface area contributed by atoms with Gasteiger partial charge in [-0.3, -0.25) is 4.90 Å². The number of rotatable bonds is 4. The second kappa shape index (κ2) is 7.05. The molecule has 1 atom stereocenters. The third-order valence-electron chi connectivity index (χ3n) is 5.24. The Hall–Kier alpha value is -3.25. The zero-order valence-electron chi connectivity index (χ0n) is 15.7. The van der Waals surface area contributed by atoms with Crippen LogP contribution in [0.1, 0.15) is 19.0 Å². The van der Waals surface area contributed by atoms with Gasteiger partial charge in [0.15, 0.2) is 5.65 Å². The van der Waals surface area contributed by atoms with E-state index in [1.165, 1.54) is 6.42 Å². The highest BCUT2D eigenvalue weighted by Gasteiger charge is 2.26. The van der Waals surface area contributed by atoms with Crippen molar-refractivity contribution >= 4 is 11.0 Å². The summed E-state index contributed by atoms with van der Waals surface area (Å²) in [4.78, 5) is 11.1. The summed E-state index contributed by atoms with van der Waals surface area (Å²) < 4.78 is 7.95. The topological polar surface area (TPSA) is 56.1 Å². The first-order chi connectivity index (χ1) is 13.8. The van der Waals surface area contributed by atoms with Gasteiger partial charge in [-0.15, -0.1) is 0 Å². The maximum Gasteiger partial charge on any atom is 0.163 e. The minimum Gasteiger partial charge on any atom is -0.457 e. The van der Waals surface area contributed by atoms with Gasteiger partial charge in [0.1, 0.15) is 29.7 Å². The number of ether oxygens (including phenoxy) is 1. The van der Waals surface area contributed by atoms with Crippen LogP contribution in [-0.4, -0.2) is 38.2 Å². The first-order valence-corrected chi connectivity index (χ1v) is 9.51. The lowest BCUT2D eigenvalue weighted by Gasteiger charge is -2.19. The molecule has 0 saturated carbocycles. The van der Waals surface area contributed by atoms with Crippen LogP contribution in [0.5, 0.6) is 11.5 Å². The lowest BCUT2D eigenvalue weighted by molar-refractivity contribution is 0.226. The van der Waals surface area contributed by atoms with Crippen molar-refractivity contribution in [2.24, 2.45) is 0 Å². The van der Waals surface area contributed by atoms with Crippen molar-refractivity contribution in [1.29, 1.82) is 0 Å². The van der Waals surface area contributed by atoms with Crippen LogP contribution in [0.4, 0.5) is 0 Å². The number of likely N-dealkylation sites (tertiary alicyclic amines) is 1. The summed E-state index contributed by atoms with van der Waals surface area (Å²) in [5, 5.41) is 5.91. The predicted octanol–water partition coefficient (Wildman–Crippen LogP) is 4.51. The number of nitrogens with zero attached hydrogens (tertiary/aromatic N) is 5. The number of hydrogen-bond acceptors (Lipinski definition) is 5. The monoisotopic (exact) mass is 371 g/mol. The van der Waals surface area contributed by atoms with Gasteiger partial charge < -0.3 is 4.74 Å². The Morgan fingerprint density at radius 1 is 1.00 bits per heavy atom. The van der Waals surface area contributed by atoms with E-state index >= 15 is 0 Å². The van der Waals surface area contributed by atoms with Gasteiger partial charge in [0, 0.05) is 11.8 Å². The van der Waals surface area contributed by atoms with E-state index in [1.54, 1.807) is 6.33 Å². The van der Waals surface area contributed by atoms with Crippen LogP contribution in [0.25, 0.3) is 22.3 Å². The summed E-state index contributed by atoms with van der Waals surface area (Å²) >= 11 is 0. The Labute approximate surface area is 163 Å². The summed E-state index contributed by atoms with van der Waals surface area (Å²) in [6.07, 6.45) is 5.95. The predicted molar refractivity (Wildman–Crippen MR) is 108 cm³/mol. The molecule has 6 heteroatoms. The fourth-order valence-electron chi connectivity index (χ4n) is 3.81. The molecule has 1 fully saturated rings. The van der Waals surface area contributed by atoms with E-state index in [0.29, 0.717) is 0 Å². The van der Waals surface area contributed by atoms with Gasteiger partial charge in [0.05, 0.1) is 5.39 Å². The third-order valence-corrected chi connectivity index (χ3v) is 5.24. The van der Waals surface area contributed by atoms with Gasteiger partial charge in [-0.1, -0.05) is 18.2 Å². The summed E-state index contributed by atoms with van der Waals surface area (Å²) in [7, 11) is 2.14. The highest BCUT2D eigenvalue weighted by Crippen LogP contribution is 2.33. The minimum absolute atomic E-state index is 0.242. The maximum absolute atomic E-state index is 5.90. The van der Waals surface area contributed by atoms with Crippen LogP contribution in [0.2, 0.25) is 0 Å². The molecule has 1 aliphatic heterocycles. The summed E-state index contributed by atoms with van der Waals surface area (Å²) in [6, 6.07) is 17.8. The molecule has 5 rings (SSSR count). The van der Waals surface area contributed by atoms with Crippen molar-refractivity contribution in [3.8, 4) is 22.8 Å². The average Bonchev–Trinajstić information content (AvgIpc) is 3.33. The lowest BCUT2D eigenvalue weighted by atomic mass is 10.1. The Morgan fingerprint density at radius 2 is 1.79 bits per heavy atom. The molecule has 0 radical (unpaired) electrons. The number of benzene rings is 2. The lowest BCUT2D eigenvalue weighted by Crippen LogP contribution is -2.24. The summed E-state index contributed by atoms with van der Waals surface area (Å²) in [6.45, 7) is 1.08. The zero-order valence-corrected chi connectivity index (χ0v) is 15.7. The highest BCUT2D eigenvalue weighted by atomic mass is 16.5. The van der Waals surface area contributed by atoms with E-state index in [-0.39, 0.29) is 6.17 Å². The van der Waals surface area contributed by atoms with E-state index < -0.39 is 0 Å². The molecular formula is C22H21N5O. The Bertz CT molecular complexity index is 1090. The van der Waals surface area contributed by atoms with Crippen molar-refractivity contribution in [3.63, 3.8) is 0 Å². The number of fused-ring (bicyclic) bond motifs is 1. The molecule has 1 unspecified atom stereocenters. The van der Waals surface area contributed by atoms with Crippen LogP contribution in [0.15, 0.2) is 67.1 Å². The van der Waals surface area contributed by atoms with Gasteiger partial charge in [-0.2, -0.15) is 5.10 Å². The van der Waals surface area contributed by atoms with Crippen molar-refractivity contribution in [1.82, 2.24) is 24.6 Å². The van der Waals surface area contributed by atoms with Crippen molar-refractivity contribution < 1.29 is 4.74 Å². The SMILES string of the molecule is CN1CCCC1n1nc(-c2ccc(Oc3ccccc3)cc2)c2cncnc21. The van der Waals surface area contributed by atoms with E-state index in [2.05, 4.69) is 21.9 Å². The van der Waals surface area contributed by atoms with E-state index in [4.69, 9.17) is 9.84 Å². The summed E-state index contributed by atoms with van der Waals surface area (Å²) in [5.74, 6) is 1.62. The van der Waals surface area contributed by atoms with Crippen LogP contribution < -0.4 is 4.74 Å². The number of aromatic nitrogens is 4. The molecular weight excluding hydrogens is 350 g/mol. The molecule has 4 aromatic rings. The van der Waals surface area contributed by atoms with E-state index in [1.807, 2.05) is 65.5 Å². The number of hydrogen-bond donors (Lipinski definition) is 0. The maximum atomic E-state index is 5.90. The minimum atomic E-state index is 0.242. The standard InChI is InChI=1S/C22H21N5O/c1-26-13-5-8-20(26)27-22-19(14-23-15-24-22)21(25-27)16-9-11-18(12-10-16)28-17-6-3-2-4-7-17/h2-4,6-7,9-12,14-15,20H,5,8,13H2,1H3. The Morgan fingerprint density at radius 3 is 2.54 bits per heavy atom. The Balaban J connectivity index is 1.51. The molecule has 3 heterocycles. The molecule has 0 N–H and O–H groups in total. The molecule has 2 aromatic heterocycles. The van der Waals surface area contributed by atoms with Crippen LogP contribution >= 0.6 is 0 Å². The first-order valence-electron chi connectivity index (χ1n) is 9.51. The molecule has 140 valence electrons. The second-order valence-electron chi connectivity index (χ2n) is 7.10. The molecule has 0 spiro atoms. The molecule has 1 aliphatic rings. The van der Waals surface area contributed by atoms with Crippen molar-refractivity contribution in [3.05, 3.63) is 67.1 Å². The van der Waals surface area contributed by atoms with Crippen LogP contribution in [0.3, 0.4) is 0 Å². The van der Waals surface area contributed by atoms with Gasteiger partial charge >= 0.3 is 0 Å². The average molecular weight is 371 g/mol. The van der Waals surface area contributed by atoms with Crippen molar-refractivity contribution in [2.45, 2.75) is 19.0 Å². The zero-order chi connectivity index (χ0) is 18.9. The molecule has 0 bridgehead atoms. The molecule has 0 aliphatic carbocycles. The molecule has 1 saturated heterocycles. The quantitative estimate of drug-likeness (QED) is 0.528. The van der Waals surface area contributed by atoms with E-state index in [0.717, 1.165) is 46.8 Å². The van der Waals surface area contributed by atoms with Gasteiger partial charge in [-0.05, 0) is 62.8 Å². The fraction of sp³-hybridized carbons (Fsp3) is 0.227. The van der Waals surface area contributed by atoms with Crippen LogP contribution in [0, 0.1) is 0 Å². The van der Waals surface area contributed by atoms with Crippen LogP contribution in [-0.2, 0) is 0 Å². The normalized spacial score (nSPS) is 17.2. The number of para-hydroxylation sites is 1. The third kappa shape index (κ3) is 3.01. The second-order valence-corrected chi connectivity index (χ2v) is 7.10. The smallest absolute Gasteiger partial charge is 0.163 e. The van der Waals surface area contributed by atoms with Crippen molar-refractivity contribution in [2.75, 3.05) is 13.6 Å². The summed E-state index contributed by atoms with van der Waals surface area (Å²) in [5.41, 5.74) is 2.81. The Kier molecular flexibility index (Phi) is 4.25. The van der Waals surface area contributed by atoms with Gasteiger partial charge in [0.25, 0.3) is 0 Å².